The Hall–Kier alpha value is -2.95. The number of nitrogens with one attached hydrogen (secondary N) is 1. The lowest BCUT2D eigenvalue weighted by atomic mass is 10.0. The standard InChI is InChI=1S/C21H23N3O2/c1-3-9-18(16-10-5-4-6-11-16)23-20(25)14-24-15(2)22-19-13-8-7-12-17(19)21(24)26/h4-8,10-13,18H,3,9,14H2,1-2H3,(H,23,25)/t18-/m0/s1. The predicted octanol–water partition coefficient (Wildman–Crippen LogP) is 3.36. The molecule has 0 spiro atoms. The maximum absolute atomic E-state index is 12.7. The van der Waals surface area contributed by atoms with Crippen molar-refractivity contribution in [3.05, 3.63) is 76.3 Å². The molecule has 0 aliphatic carbocycles. The smallest absolute Gasteiger partial charge is 0.261 e. The zero-order valence-electron chi connectivity index (χ0n) is 15.1. The number of carbonyl (C=O) groups excluding carboxylic acids is 1. The van der Waals surface area contributed by atoms with E-state index in [9.17, 15) is 9.59 Å². The van der Waals surface area contributed by atoms with Crippen molar-refractivity contribution in [1.29, 1.82) is 0 Å². The molecule has 0 fully saturated rings. The van der Waals surface area contributed by atoms with Crippen LogP contribution in [-0.2, 0) is 11.3 Å². The van der Waals surface area contributed by atoms with Gasteiger partial charge in [0, 0.05) is 0 Å². The minimum atomic E-state index is -0.186. The normalized spacial score (nSPS) is 12.1. The monoisotopic (exact) mass is 349 g/mol. The Kier molecular flexibility index (Phi) is 5.46. The minimum absolute atomic E-state index is 0.0322. The Labute approximate surface area is 152 Å². The van der Waals surface area contributed by atoms with E-state index in [0.717, 1.165) is 18.4 Å². The minimum Gasteiger partial charge on any atom is -0.348 e. The molecule has 1 heterocycles. The van der Waals surface area contributed by atoms with Gasteiger partial charge in [0.2, 0.25) is 5.91 Å². The number of aryl methyl sites for hydroxylation is 1. The Morgan fingerprint density at radius 1 is 1.12 bits per heavy atom. The molecule has 3 rings (SSSR count). The van der Waals surface area contributed by atoms with Gasteiger partial charge in [-0.05, 0) is 31.0 Å². The highest BCUT2D eigenvalue weighted by Crippen LogP contribution is 2.18. The summed E-state index contributed by atoms with van der Waals surface area (Å²) in [4.78, 5) is 29.8. The molecule has 26 heavy (non-hydrogen) atoms. The van der Waals surface area contributed by atoms with Gasteiger partial charge in [0.1, 0.15) is 12.4 Å². The summed E-state index contributed by atoms with van der Waals surface area (Å²) < 4.78 is 1.44. The van der Waals surface area contributed by atoms with Crippen molar-refractivity contribution in [1.82, 2.24) is 14.9 Å². The van der Waals surface area contributed by atoms with Gasteiger partial charge in [-0.3, -0.25) is 14.2 Å². The summed E-state index contributed by atoms with van der Waals surface area (Å²) in [7, 11) is 0. The topological polar surface area (TPSA) is 64.0 Å². The van der Waals surface area contributed by atoms with Gasteiger partial charge >= 0.3 is 0 Å². The van der Waals surface area contributed by atoms with Crippen molar-refractivity contribution in [2.45, 2.75) is 39.3 Å². The Bertz CT molecular complexity index is 964. The van der Waals surface area contributed by atoms with E-state index in [1.54, 1.807) is 25.1 Å². The molecular weight excluding hydrogens is 326 g/mol. The molecule has 0 radical (unpaired) electrons. The highest BCUT2D eigenvalue weighted by molar-refractivity contribution is 5.79. The first-order valence-electron chi connectivity index (χ1n) is 8.90. The highest BCUT2D eigenvalue weighted by atomic mass is 16.2. The van der Waals surface area contributed by atoms with Crippen molar-refractivity contribution in [3.8, 4) is 0 Å². The van der Waals surface area contributed by atoms with E-state index < -0.39 is 0 Å². The highest BCUT2D eigenvalue weighted by Gasteiger charge is 2.16. The van der Waals surface area contributed by atoms with Crippen molar-refractivity contribution < 1.29 is 4.79 Å². The Morgan fingerprint density at radius 2 is 1.81 bits per heavy atom. The first-order valence-corrected chi connectivity index (χ1v) is 8.90. The van der Waals surface area contributed by atoms with Crippen LogP contribution in [0.5, 0.6) is 0 Å². The van der Waals surface area contributed by atoms with E-state index in [-0.39, 0.29) is 24.1 Å². The first kappa shape index (κ1) is 17.9. The third-order valence-corrected chi connectivity index (χ3v) is 4.47. The third-order valence-electron chi connectivity index (χ3n) is 4.47. The van der Waals surface area contributed by atoms with Gasteiger partial charge in [-0.2, -0.15) is 0 Å². The molecule has 1 aromatic heterocycles. The molecule has 1 atom stereocenters. The summed E-state index contributed by atoms with van der Waals surface area (Å²) in [5.41, 5.74) is 1.54. The molecule has 134 valence electrons. The van der Waals surface area contributed by atoms with E-state index in [1.807, 2.05) is 36.4 Å². The number of fused-ring (bicyclic) bond motifs is 1. The number of para-hydroxylation sites is 1. The van der Waals surface area contributed by atoms with Crippen LogP contribution in [0.2, 0.25) is 0 Å². The largest absolute Gasteiger partial charge is 0.348 e. The number of rotatable bonds is 6. The number of benzene rings is 2. The van der Waals surface area contributed by atoms with Crippen molar-refractivity contribution in [3.63, 3.8) is 0 Å². The molecular formula is C21H23N3O2. The average molecular weight is 349 g/mol. The number of carbonyl (C=O) groups is 1. The van der Waals surface area contributed by atoms with Gasteiger partial charge in [-0.25, -0.2) is 4.98 Å². The summed E-state index contributed by atoms with van der Waals surface area (Å²) in [5, 5.41) is 3.59. The van der Waals surface area contributed by atoms with Gasteiger partial charge in [-0.15, -0.1) is 0 Å². The lowest BCUT2D eigenvalue weighted by Crippen LogP contribution is -2.36. The summed E-state index contributed by atoms with van der Waals surface area (Å²) >= 11 is 0. The maximum Gasteiger partial charge on any atom is 0.261 e. The lowest BCUT2D eigenvalue weighted by molar-refractivity contribution is -0.122. The lowest BCUT2D eigenvalue weighted by Gasteiger charge is -2.19. The van der Waals surface area contributed by atoms with Crippen LogP contribution in [0.4, 0.5) is 0 Å². The van der Waals surface area contributed by atoms with E-state index >= 15 is 0 Å². The van der Waals surface area contributed by atoms with Crippen LogP contribution in [0.15, 0.2) is 59.4 Å². The fourth-order valence-corrected chi connectivity index (χ4v) is 3.14. The molecule has 0 aliphatic rings. The zero-order chi connectivity index (χ0) is 18.5. The number of hydrogen-bond donors (Lipinski definition) is 1. The summed E-state index contributed by atoms with van der Waals surface area (Å²) in [6.07, 6.45) is 1.80. The van der Waals surface area contributed by atoms with Crippen LogP contribution in [0, 0.1) is 6.92 Å². The Balaban J connectivity index is 1.83. The molecule has 5 heteroatoms. The van der Waals surface area contributed by atoms with E-state index in [2.05, 4.69) is 17.2 Å². The van der Waals surface area contributed by atoms with Crippen molar-refractivity contribution in [2.75, 3.05) is 0 Å². The molecule has 0 unspecified atom stereocenters. The van der Waals surface area contributed by atoms with E-state index in [0.29, 0.717) is 16.7 Å². The molecule has 2 aromatic carbocycles. The van der Waals surface area contributed by atoms with E-state index in [4.69, 9.17) is 0 Å². The van der Waals surface area contributed by atoms with Crippen LogP contribution in [0.3, 0.4) is 0 Å². The van der Waals surface area contributed by atoms with Crippen LogP contribution < -0.4 is 10.9 Å². The second-order valence-electron chi connectivity index (χ2n) is 6.39. The van der Waals surface area contributed by atoms with Crippen LogP contribution in [0.1, 0.15) is 37.2 Å². The third kappa shape index (κ3) is 3.82. The molecule has 0 bridgehead atoms. The van der Waals surface area contributed by atoms with Crippen molar-refractivity contribution in [2.24, 2.45) is 0 Å². The summed E-state index contributed by atoms with van der Waals surface area (Å²) in [6, 6.07) is 17.0. The molecule has 0 saturated carbocycles. The average Bonchev–Trinajstić information content (AvgIpc) is 2.65. The molecule has 3 aromatic rings. The SMILES string of the molecule is CCC[C@H](NC(=O)Cn1c(C)nc2ccccc2c1=O)c1ccccc1. The van der Waals surface area contributed by atoms with Crippen LogP contribution in [0.25, 0.3) is 10.9 Å². The quantitative estimate of drug-likeness (QED) is 0.742. The van der Waals surface area contributed by atoms with Crippen molar-refractivity contribution >= 4 is 16.8 Å². The number of hydrogen-bond acceptors (Lipinski definition) is 3. The van der Waals surface area contributed by atoms with Gasteiger partial charge < -0.3 is 5.32 Å². The molecule has 5 nitrogen and oxygen atoms in total. The Morgan fingerprint density at radius 3 is 2.54 bits per heavy atom. The van der Waals surface area contributed by atoms with Crippen LogP contribution in [-0.4, -0.2) is 15.5 Å². The van der Waals surface area contributed by atoms with Gasteiger partial charge in [0.05, 0.1) is 16.9 Å². The van der Waals surface area contributed by atoms with E-state index in [1.165, 1.54) is 4.57 Å². The fourth-order valence-electron chi connectivity index (χ4n) is 3.14. The fraction of sp³-hybridized carbons (Fsp3) is 0.286. The number of nitrogens with zero attached hydrogens (tertiary/aromatic N) is 2. The molecule has 1 amide bonds. The summed E-state index contributed by atoms with van der Waals surface area (Å²) in [6.45, 7) is 3.81. The van der Waals surface area contributed by atoms with Gasteiger partial charge in [0.25, 0.3) is 5.56 Å². The number of amides is 1. The van der Waals surface area contributed by atoms with Gasteiger partial charge in [-0.1, -0.05) is 55.8 Å². The predicted molar refractivity (Wildman–Crippen MR) is 103 cm³/mol. The van der Waals surface area contributed by atoms with Crippen LogP contribution >= 0.6 is 0 Å². The number of aromatic nitrogens is 2. The molecule has 0 aliphatic heterocycles. The second kappa shape index (κ2) is 7.95. The molecule has 0 saturated heterocycles. The van der Waals surface area contributed by atoms with Gasteiger partial charge in [0.15, 0.2) is 0 Å². The first-order chi connectivity index (χ1) is 12.6. The maximum atomic E-state index is 12.7. The summed E-state index contributed by atoms with van der Waals surface area (Å²) in [5.74, 6) is 0.352. The molecule has 1 N–H and O–H groups in total. The second-order valence-corrected chi connectivity index (χ2v) is 6.39. The zero-order valence-corrected chi connectivity index (χ0v) is 15.1.